The number of nitrogens with one attached hydrogen (secondary N) is 1. The first-order valence-electron chi connectivity index (χ1n) is 26.1. The van der Waals surface area contributed by atoms with Crippen LogP contribution in [0.3, 0.4) is 0 Å². The topological polar surface area (TPSA) is 69.6 Å². The highest BCUT2D eigenvalue weighted by atomic mass is 16.3. The molecule has 0 saturated carbocycles. The van der Waals surface area contributed by atoms with Crippen LogP contribution in [0.1, 0.15) is 258 Å². The number of hydrogen-bond acceptors (Lipinski definition) is 3. The third-order valence-electron chi connectivity index (χ3n) is 11.7. The molecule has 2 unspecified atom stereocenters. The van der Waals surface area contributed by atoms with Gasteiger partial charge in [0.2, 0.25) is 5.91 Å². The van der Waals surface area contributed by atoms with E-state index in [1.54, 1.807) is 0 Å². The minimum Gasteiger partial charge on any atom is -0.394 e. The molecule has 348 valence electrons. The number of aliphatic hydroxyl groups excluding tert-OH is 2. The van der Waals surface area contributed by atoms with Gasteiger partial charge in [0, 0.05) is 6.42 Å². The van der Waals surface area contributed by atoms with Crippen LogP contribution in [0.5, 0.6) is 0 Å². The van der Waals surface area contributed by atoms with E-state index in [0.717, 1.165) is 51.4 Å². The third-order valence-corrected chi connectivity index (χ3v) is 11.7. The van der Waals surface area contributed by atoms with E-state index in [-0.39, 0.29) is 12.5 Å². The van der Waals surface area contributed by atoms with E-state index in [9.17, 15) is 15.0 Å². The van der Waals surface area contributed by atoms with Gasteiger partial charge in [-0.1, -0.05) is 273 Å². The molecule has 4 nitrogen and oxygen atoms in total. The van der Waals surface area contributed by atoms with Crippen molar-refractivity contribution >= 4 is 5.91 Å². The smallest absolute Gasteiger partial charge is 0.220 e. The summed E-state index contributed by atoms with van der Waals surface area (Å²) >= 11 is 0. The highest BCUT2D eigenvalue weighted by molar-refractivity contribution is 5.76. The van der Waals surface area contributed by atoms with E-state index in [0.29, 0.717) is 19.3 Å². The quantitative estimate of drug-likeness (QED) is 0.0422. The molecule has 0 saturated heterocycles. The Balaban J connectivity index is 3.54. The van der Waals surface area contributed by atoms with Crippen LogP contribution in [0, 0.1) is 0 Å². The van der Waals surface area contributed by atoms with E-state index in [4.69, 9.17) is 0 Å². The molecule has 0 aliphatic rings. The Kier molecular flexibility index (Phi) is 49.3. The van der Waals surface area contributed by atoms with Crippen LogP contribution in [-0.4, -0.2) is 34.9 Å². The van der Waals surface area contributed by atoms with E-state index < -0.39 is 12.1 Å². The molecule has 60 heavy (non-hydrogen) atoms. The van der Waals surface area contributed by atoms with Crippen LogP contribution in [-0.2, 0) is 4.79 Å². The van der Waals surface area contributed by atoms with Gasteiger partial charge >= 0.3 is 0 Å². The SMILES string of the molecule is CC/C=C\C/C=C\C/C=C\C/C=C\C/C=C\C/C=C\CCC(=O)NC(CO)C(O)CCCCCCCCCCCCCCCCCCCCCCCCCCCCCCC. The molecule has 0 aromatic heterocycles. The van der Waals surface area contributed by atoms with Gasteiger partial charge in [-0.25, -0.2) is 0 Å². The summed E-state index contributed by atoms with van der Waals surface area (Å²) in [4.78, 5) is 12.4. The lowest BCUT2D eigenvalue weighted by atomic mass is 10.0. The van der Waals surface area contributed by atoms with Gasteiger partial charge in [0.1, 0.15) is 0 Å². The molecular formula is C56H101NO3. The number of carbonyl (C=O) groups is 1. The summed E-state index contributed by atoms with van der Waals surface area (Å²) in [5.41, 5.74) is 0. The van der Waals surface area contributed by atoms with E-state index >= 15 is 0 Å². The molecule has 4 heteroatoms. The molecule has 0 bridgehead atoms. The molecule has 0 fully saturated rings. The second kappa shape index (κ2) is 51.2. The van der Waals surface area contributed by atoms with Gasteiger partial charge in [0.25, 0.3) is 0 Å². The summed E-state index contributed by atoms with van der Waals surface area (Å²) in [5.74, 6) is -0.113. The largest absolute Gasteiger partial charge is 0.394 e. The van der Waals surface area contributed by atoms with Crippen LogP contribution in [0.25, 0.3) is 0 Å². The van der Waals surface area contributed by atoms with Crippen molar-refractivity contribution in [3.63, 3.8) is 0 Å². The van der Waals surface area contributed by atoms with Gasteiger partial charge < -0.3 is 15.5 Å². The Morgan fingerprint density at radius 3 is 1.00 bits per heavy atom. The normalized spacial score (nSPS) is 13.5. The molecule has 0 radical (unpaired) electrons. The predicted octanol–water partition coefficient (Wildman–Crippen LogP) is 17.0. The lowest BCUT2D eigenvalue weighted by molar-refractivity contribution is -0.123. The standard InChI is InChI=1S/C56H101NO3/c1-3-5-7-9-11-13-15-17-19-21-23-24-25-26-27-28-29-30-31-32-34-35-37-39-41-43-45-47-49-51-55(59)54(53-58)57-56(60)52-50-48-46-44-42-40-38-36-33-22-20-18-16-14-12-10-8-6-4-2/h6,8,12,14,18,20,33,36,40,42,46,48,54-55,58-59H,3-5,7,9-11,13,15-17,19,21-32,34-35,37-39,41,43-45,47,49-53H2,1-2H3,(H,57,60)/b8-6-,14-12-,20-18-,36-33-,42-40-,48-46-. The number of rotatable bonds is 47. The first kappa shape index (κ1) is 57.8. The van der Waals surface area contributed by atoms with E-state index in [1.807, 2.05) is 6.08 Å². The zero-order valence-electron chi connectivity index (χ0n) is 40.0. The van der Waals surface area contributed by atoms with Crippen LogP contribution in [0.2, 0.25) is 0 Å². The molecule has 3 N–H and O–H groups in total. The maximum Gasteiger partial charge on any atom is 0.220 e. The Morgan fingerprint density at radius 2 is 0.700 bits per heavy atom. The zero-order valence-corrected chi connectivity index (χ0v) is 40.0. The molecule has 0 aromatic rings. The molecule has 0 aliphatic carbocycles. The highest BCUT2D eigenvalue weighted by Crippen LogP contribution is 2.17. The Morgan fingerprint density at radius 1 is 0.417 bits per heavy atom. The molecule has 0 spiro atoms. The highest BCUT2D eigenvalue weighted by Gasteiger charge is 2.19. The van der Waals surface area contributed by atoms with Crippen LogP contribution in [0.4, 0.5) is 0 Å². The average Bonchev–Trinajstić information content (AvgIpc) is 3.25. The second-order valence-corrected chi connectivity index (χ2v) is 17.6. The van der Waals surface area contributed by atoms with Crippen molar-refractivity contribution in [2.45, 2.75) is 270 Å². The van der Waals surface area contributed by atoms with Gasteiger partial charge in [-0.05, 0) is 51.4 Å². The molecule has 1 amide bonds. The van der Waals surface area contributed by atoms with Crippen molar-refractivity contribution in [2.24, 2.45) is 0 Å². The fraction of sp³-hybridized carbons (Fsp3) is 0.768. The van der Waals surface area contributed by atoms with Gasteiger partial charge in [0.05, 0.1) is 18.8 Å². The zero-order chi connectivity index (χ0) is 43.5. The van der Waals surface area contributed by atoms with Crippen molar-refractivity contribution in [2.75, 3.05) is 6.61 Å². The minimum absolute atomic E-state index is 0.113. The number of unbranched alkanes of at least 4 members (excludes halogenated alkanes) is 28. The lowest BCUT2D eigenvalue weighted by Gasteiger charge is -2.22. The van der Waals surface area contributed by atoms with Crippen molar-refractivity contribution in [3.05, 3.63) is 72.9 Å². The molecule has 0 aromatic carbocycles. The third kappa shape index (κ3) is 46.9. The first-order chi connectivity index (χ1) is 29.7. The molecular weight excluding hydrogens is 735 g/mol. The maximum absolute atomic E-state index is 12.4. The van der Waals surface area contributed by atoms with Crippen molar-refractivity contribution in [3.8, 4) is 0 Å². The average molecular weight is 836 g/mol. The predicted molar refractivity (Wildman–Crippen MR) is 267 cm³/mol. The Bertz CT molecular complexity index is 1040. The van der Waals surface area contributed by atoms with Crippen LogP contribution < -0.4 is 5.32 Å². The van der Waals surface area contributed by atoms with Gasteiger partial charge in [-0.15, -0.1) is 0 Å². The Labute approximate surface area is 374 Å². The van der Waals surface area contributed by atoms with Crippen LogP contribution in [0.15, 0.2) is 72.9 Å². The fourth-order valence-corrected chi connectivity index (χ4v) is 7.80. The minimum atomic E-state index is -0.696. The summed E-state index contributed by atoms with van der Waals surface area (Å²) in [7, 11) is 0. The molecule has 2 atom stereocenters. The summed E-state index contributed by atoms with van der Waals surface area (Å²) in [5, 5.41) is 23.2. The monoisotopic (exact) mass is 836 g/mol. The number of carbonyl (C=O) groups excluding carboxylic acids is 1. The number of hydrogen-bond donors (Lipinski definition) is 3. The Hall–Kier alpha value is -2.17. The summed E-state index contributed by atoms with van der Waals surface area (Å²) in [6.07, 6.45) is 73.2. The number of aliphatic hydroxyl groups is 2. The van der Waals surface area contributed by atoms with E-state index in [1.165, 1.54) is 173 Å². The lowest BCUT2D eigenvalue weighted by Crippen LogP contribution is -2.45. The summed E-state index contributed by atoms with van der Waals surface area (Å²) in [6, 6.07) is -0.582. The van der Waals surface area contributed by atoms with E-state index in [2.05, 4.69) is 86.0 Å². The van der Waals surface area contributed by atoms with Crippen molar-refractivity contribution in [1.82, 2.24) is 5.32 Å². The molecule has 0 rings (SSSR count). The fourth-order valence-electron chi connectivity index (χ4n) is 7.80. The first-order valence-corrected chi connectivity index (χ1v) is 26.1. The number of amides is 1. The summed E-state index contributed by atoms with van der Waals surface area (Å²) in [6.45, 7) is 4.23. The second-order valence-electron chi connectivity index (χ2n) is 17.6. The van der Waals surface area contributed by atoms with Gasteiger partial charge in [-0.2, -0.15) is 0 Å². The van der Waals surface area contributed by atoms with Gasteiger partial charge in [-0.3, -0.25) is 4.79 Å². The van der Waals surface area contributed by atoms with Crippen LogP contribution >= 0.6 is 0 Å². The van der Waals surface area contributed by atoms with Crippen molar-refractivity contribution < 1.29 is 15.0 Å². The van der Waals surface area contributed by atoms with Crippen molar-refractivity contribution in [1.29, 1.82) is 0 Å². The number of allylic oxidation sites excluding steroid dienone is 12. The molecule has 0 heterocycles. The maximum atomic E-state index is 12.4. The van der Waals surface area contributed by atoms with Gasteiger partial charge in [0.15, 0.2) is 0 Å². The summed E-state index contributed by atoms with van der Waals surface area (Å²) < 4.78 is 0. The molecule has 0 aliphatic heterocycles.